The van der Waals surface area contributed by atoms with Gasteiger partial charge in [-0.2, -0.15) is 0 Å². The lowest BCUT2D eigenvalue weighted by atomic mass is 10.00. The number of tetrazole rings is 1. The molecule has 0 saturated carbocycles. The lowest BCUT2D eigenvalue weighted by Crippen LogP contribution is -2.49. The molecule has 188 valence electrons. The Morgan fingerprint density at radius 2 is 1.61 bits per heavy atom. The van der Waals surface area contributed by atoms with E-state index < -0.39 is 0 Å². The Morgan fingerprint density at radius 3 is 2.33 bits per heavy atom. The van der Waals surface area contributed by atoms with Crippen molar-refractivity contribution in [2.24, 2.45) is 0 Å². The van der Waals surface area contributed by atoms with Crippen LogP contribution in [0.5, 0.6) is 0 Å². The van der Waals surface area contributed by atoms with Crippen LogP contribution in [0.1, 0.15) is 54.9 Å². The maximum atomic E-state index is 13.5. The van der Waals surface area contributed by atoms with Gasteiger partial charge in [-0.25, -0.2) is 4.68 Å². The third-order valence-electron chi connectivity index (χ3n) is 7.08. The van der Waals surface area contributed by atoms with Crippen LogP contribution in [0.15, 0.2) is 47.3 Å². The molecule has 0 unspecified atom stereocenters. The highest BCUT2D eigenvalue weighted by Crippen LogP contribution is 2.31. The third-order valence-corrected chi connectivity index (χ3v) is 7.08. The van der Waals surface area contributed by atoms with Gasteiger partial charge < -0.3 is 9.88 Å². The standard InChI is InChI=1S/C28H35N7O/c1-18-8-10-23-21(15-18)17-22(27(36)29-23)25(26-30-31-32-35(26)28(4,5)6)34-13-11-33(12-14-34)24-16-19(2)7-9-20(24)3/h7-10,15-17,25H,11-14H2,1-6H3,(H,29,36)/t25-/m0/s1. The summed E-state index contributed by atoms with van der Waals surface area (Å²) in [5, 5.41) is 13.8. The maximum absolute atomic E-state index is 13.5. The monoisotopic (exact) mass is 485 g/mol. The number of pyridine rings is 1. The SMILES string of the molecule is Cc1ccc(C)c(N2CCN([C@@H](c3cc4cc(C)ccc4[nH]c3=O)c3nnnn3C(C)(C)C)CC2)c1. The van der Waals surface area contributed by atoms with Gasteiger partial charge >= 0.3 is 0 Å². The Labute approximate surface area is 211 Å². The van der Waals surface area contributed by atoms with E-state index in [1.807, 2.05) is 22.9 Å². The predicted octanol–water partition coefficient (Wildman–Crippen LogP) is 4.11. The number of hydrogen-bond acceptors (Lipinski definition) is 6. The van der Waals surface area contributed by atoms with Crippen molar-refractivity contribution < 1.29 is 0 Å². The van der Waals surface area contributed by atoms with Crippen molar-refractivity contribution in [1.29, 1.82) is 0 Å². The molecule has 0 radical (unpaired) electrons. The van der Waals surface area contributed by atoms with E-state index in [0.29, 0.717) is 11.4 Å². The average molecular weight is 486 g/mol. The molecule has 5 rings (SSSR count). The molecule has 0 aliphatic carbocycles. The van der Waals surface area contributed by atoms with E-state index in [1.54, 1.807) is 0 Å². The molecule has 0 amide bonds. The summed E-state index contributed by atoms with van der Waals surface area (Å²) in [6, 6.07) is 14.4. The summed E-state index contributed by atoms with van der Waals surface area (Å²) in [4.78, 5) is 21.3. The van der Waals surface area contributed by atoms with Crippen molar-refractivity contribution in [3.8, 4) is 0 Å². The highest BCUT2D eigenvalue weighted by Gasteiger charge is 2.35. The minimum Gasteiger partial charge on any atom is -0.369 e. The third kappa shape index (κ3) is 4.53. The van der Waals surface area contributed by atoms with Gasteiger partial charge in [-0.3, -0.25) is 9.69 Å². The Hall–Kier alpha value is -3.52. The zero-order valence-corrected chi connectivity index (χ0v) is 22.0. The fourth-order valence-corrected chi connectivity index (χ4v) is 5.17. The Bertz CT molecular complexity index is 1460. The molecule has 8 heteroatoms. The predicted molar refractivity (Wildman–Crippen MR) is 144 cm³/mol. The second kappa shape index (κ2) is 9.17. The maximum Gasteiger partial charge on any atom is 0.253 e. The van der Waals surface area contributed by atoms with Crippen LogP contribution < -0.4 is 10.5 Å². The number of nitrogens with one attached hydrogen (secondary N) is 1. The quantitative estimate of drug-likeness (QED) is 0.469. The van der Waals surface area contributed by atoms with Gasteiger partial charge in [0.15, 0.2) is 5.82 Å². The molecule has 1 aliphatic heterocycles. The highest BCUT2D eigenvalue weighted by molar-refractivity contribution is 5.79. The van der Waals surface area contributed by atoms with E-state index in [9.17, 15) is 4.79 Å². The van der Waals surface area contributed by atoms with Gasteiger partial charge in [0.05, 0.1) is 5.54 Å². The minimum absolute atomic E-state index is 0.100. The molecule has 8 nitrogen and oxygen atoms in total. The number of fused-ring (bicyclic) bond motifs is 1. The first-order valence-electron chi connectivity index (χ1n) is 12.6. The summed E-state index contributed by atoms with van der Waals surface area (Å²) in [6.45, 7) is 15.9. The fraction of sp³-hybridized carbons (Fsp3) is 0.429. The number of aryl methyl sites for hydroxylation is 3. The first kappa shape index (κ1) is 24.2. The van der Waals surface area contributed by atoms with Crippen LogP contribution in [-0.2, 0) is 5.54 Å². The highest BCUT2D eigenvalue weighted by atomic mass is 16.1. The topological polar surface area (TPSA) is 82.9 Å². The molecule has 1 aliphatic rings. The number of hydrogen-bond donors (Lipinski definition) is 1. The average Bonchev–Trinajstić information content (AvgIpc) is 3.32. The van der Waals surface area contributed by atoms with Crippen LogP contribution >= 0.6 is 0 Å². The van der Waals surface area contributed by atoms with Gasteiger partial charge in [-0.15, -0.1) is 5.10 Å². The summed E-state index contributed by atoms with van der Waals surface area (Å²) >= 11 is 0. The summed E-state index contributed by atoms with van der Waals surface area (Å²) < 4.78 is 1.86. The Morgan fingerprint density at radius 1 is 0.917 bits per heavy atom. The normalized spacial score (nSPS) is 16.0. The number of benzene rings is 2. The number of aromatic nitrogens is 5. The van der Waals surface area contributed by atoms with E-state index >= 15 is 0 Å². The number of anilines is 1. The molecule has 3 heterocycles. The number of piperazine rings is 1. The van der Waals surface area contributed by atoms with E-state index in [1.165, 1.54) is 16.8 Å². The zero-order chi connectivity index (χ0) is 25.6. The Kier molecular flexibility index (Phi) is 6.16. The molecule has 1 N–H and O–H groups in total. The second-order valence-electron chi connectivity index (χ2n) is 11.0. The minimum atomic E-state index is -0.353. The molecule has 2 aromatic carbocycles. The second-order valence-corrected chi connectivity index (χ2v) is 11.0. The lowest BCUT2D eigenvalue weighted by molar-refractivity contribution is 0.190. The van der Waals surface area contributed by atoms with Gasteiger partial charge in [-0.1, -0.05) is 23.8 Å². The Balaban J connectivity index is 1.56. The number of aromatic amines is 1. The summed E-state index contributed by atoms with van der Waals surface area (Å²) in [7, 11) is 0. The van der Waals surface area contributed by atoms with Gasteiger partial charge in [0, 0.05) is 42.9 Å². The molecule has 36 heavy (non-hydrogen) atoms. The van der Waals surface area contributed by atoms with E-state index in [2.05, 4.69) is 96.1 Å². The molecule has 4 aromatic rings. The van der Waals surface area contributed by atoms with Crippen LogP contribution in [0.25, 0.3) is 10.9 Å². The molecule has 0 bridgehead atoms. The van der Waals surface area contributed by atoms with Crippen LogP contribution in [0, 0.1) is 20.8 Å². The molecule has 2 aromatic heterocycles. The first-order valence-corrected chi connectivity index (χ1v) is 12.6. The smallest absolute Gasteiger partial charge is 0.253 e. The zero-order valence-electron chi connectivity index (χ0n) is 22.0. The molecule has 1 fully saturated rings. The number of H-pyrrole nitrogens is 1. The van der Waals surface area contributed by atoms with Crippen LogP contribution in [0.3, 0.4) is 0 Å². The van der Waals surface area contributed by atoms with Crippen molar-refractivity contribution in [1.82, 2.24) is 30.1 Å². The van der Waals surface area contributed by atoms with Crippen molar-refractivity contribution in [3.05, 3.63) is 80.9 Å². The summed E-state index contributed by atoms with van der Waals surface area (Å²) in [6.07, 6.45) is 0. The molecular formula is C28H35N7O. The van der Waals surface area contributed by atoms with Gasteiger partial charge in [0.1, 0.15) is 6.04 Å². The lowest BCUT2D eigenvalue weighted by Gasteiger charge is -2.40. The fourth-order valence-electron chi connectivity index (χ4n) is 5.17. The van der Waals surface area contributed by atoms with E-state index in [4.69, 9.17) is 0 Å². The molecule has 0 spiro atoms. The van der Waals surface area contributed by atoms with Crippen LogP contribution in [0.4, 0.5) is 5.69 Å². The van der Waals surface area contributed by atoms with E-state index in [-0.39, 0.29) is 17.1 Å². The number of rotatable bonds is 4. The van der Waals surface area contributed by atoms with E-state index in [0.717, 1.165) is 42.6 Å². The van der Waals surface area contributed by atoms with Crippen LogP contribution in [-0.4, -0.2) is 56.3 Å². The van der Waals surface area contributed by atoms with Crippen molar-refractivity contribution >= 4 is 16.6 Å². The van der Waals surface area contributed by atoms with Crippen LogP contribution in [0.2, 0.25) is 0 Å². The van der Waals surface area contributed by atoms with Crippen molar-refractivity contribution in [2.45, 2.75) is 53.1 Å². The van der Waals surface area contributed by atoms with Crippen molar-refractivity contribution in [2.75, 3.05) is 31.1 Å². The molecular weight excluding hydrogens is 450 g/mol. The molecule has 1 saturated heterocycles. The van der Waals surface area contributed by atoms with Gasteiger partial charge in [-0.05, 0) is 92.7 Å². The largest absolute Gasteiger partial charge is 0.369 e. The molecule has 1 atom stereocenters. The van der Waals surface area contributed by atoms with Crippen molar-refractivity contribution in [3.63, 3.8) is 0 Å². The van der Waals surface area contributed by atoms with Gasteiger partial charge in [0.2, 0.25) is 0 Å². The summed E-state index contributed by atoms with van der Waals surface area (Å²) in [5.41, 5.74) is 6.07. The van der Waals surface area contributed by atoms with Gasteiger partial charge in [0.25, 0.3) is 5.56 Å². The number of nitrogens with zero attached hydrogens (tertiary/aromatic N) is 6. The summed E-state index contributed by atoms with van der Waals surface area (Å²) in [5.74, 6) is 0.695. The first-order chi connectivity index (χ1) is 17.1.